The van der Waals surface area contributed by atoms with Crippen molar-refractivity contribution in [3.05, 3.63) is 36.2 Å². The highest BCUT2D eigenvalue weighted by atomic mass is 16.5. The number of amides is 2. The van der Waals surface area contributed by atoms with Gasteiger partial charge in [-0.15, -0.1) is 0 Å². The number of aryl methyl sites for hydroxylation is 1. The molecule has 0 aliphatic carbocycles. The summed E-state index contributed by atoms with van der Waals surface area (Å²) in [5.41, 5.74) is 2.32. The molecule has 3 heterocycles. The molecule has 0 saturated carbocycles. The van der Waals surface area contributed by atoms with Crippen LogP contribution in [0.4, 0.5) is 11.4 Å². The van der Waals surface area contributed by atoms with Crippen LogP contribution in [0.2, 0.25) is 0 Å². The quantitative estimate of drug-likeness (QED) is 0.763. The topological polar surface area (TPSA) is 97.3 Å². The smallest absolute Gasteiger partial charge is 0.262 e. The molecule has 2 aliphatic heterocycles. The first-order valence-corrected chi connectivity index (χ1v) is 8.17. The van der Waals surface area contributed by atoms with Crippen molar-refractivity contribution < 1.29 is 14.3 Å². The van der Waals surface area contributed by atoms with E-state index in [1.807, 2.05) is 19.4 Å². The minimum atomic E-state index is -0.180. The molecule has 1 fully saturated rings. The number of carbonyl (C=O) groups is 2. The molecule has 1 saturated heterocycles. The van der Waals surface area contributed by atoms with Gasteiger partial charge < -0.3 is 20.7 Å². The van der Waals surface area contributed by atoms with Gasteiger partial charge in [-0.05, 0) is 17.7 Å². The van der Waals surface area contributed by atoms with Crippen molar-refractivity contribution in [2.75, 3.05) is 30.3 Å². The minimum absolute atomic E-state index is 0.0139. The lowest BCUT2D eigenvalue weighted by molar-refractivity contribution is -0.120. The Morgan fingerprint density at radius 2 is 2.28 bits per heavy atom. The summed E-state index contributed by atoms with van der Waals surface area (Å²) in [7, 11) is 1.87. The number of carbonyl (C=O) groups excluding carboxylic acids is 2. The first kappa shape index (κ1) is 15.6. The van der Waals surface area contributed by atoms with Gasteiger partial charge >= 0.3 is 0 Å². The van der Waals surface area contributed by atoms with E-state index in [2.05, 4.69) is 21.0 Å². The molecule has 8 heteroatoms. The average Bonchev–Trinajstić information content (AvgIpc) is 3.23. The lowest BCUT2D eigenvalue weighted by Gasteiger charge is -2.20. The molecule has 2 aromatic rings. The first-order valence-electron chi connectivity index (χ1n) is 8.17. The normalized spacial score (nSPS) is 22.0. The van der Waals surface area contributed by atoms with E-state index in [-0.39, 0.29) is 30.3 Å². The van der Waals surface area contributed by atoms with Gasteiger partial charge in [0.2, 0.25) is 5.91 Å². The molecule has 2 atom stereocenters. The zero-order valence-electron chi connectivity index (χ0n) is 13.8. The maximum absolute atomic E-state index is 12.7. The van der Waals surface area contributed by atoms with Crippen LogP contribution in [0.5, 0.6) is 5.75 Å². The van der Waals surface area contributed by atoms with Crippen molar-refractivity contribution in [2.45, 2.75) is 5.92 Å². The molecule has 0 radical (unpaired) electrons. The Morgan fingerprint density at radius 1 is 1.40 bits per heavy atom. The summed E-state index contributed by atoms with van der Waals surface area (Å²) in [6, 6.07) is 5.22. The maximum Gasteiger partial charge on any atom is 0.262 e. The number of hydrogen-bond acceptors (Lipinski definition) is 5. The zero-order chi connectivity index (χ0) is 17.4. The van der Waals surface area contributed by atoms with Gasteiger partial charge in [-0.3, -0.25) is 14.3 Å². The maximum atomic E-state index is 12.7. The summed E-state index contributed by atoms with van der Waals surface area (Å²) >= 11 is 0. The van der Waals surface area contributed by atoms with Crippen molar-refractivity contribution in [1.82, 2.24) is 15.1 Å². The average molecular weight is 341 g/mol. The highest BCUT2D eigenvalue weighted by Crippen LogP contribution is 2.32. The summed E-state index contributed by atoms with van der Waals surface area (Å²) < 4.78 is 7.14. The molecular formula is C17H19N5O3. The third-order valence-corrected chi connectivity index (χ3v) is 4.59. The largest absolute Gasteiger partial charge is 0.482 e. The molecule has 8 nitrogen and oxygen atoms in total. The predicted octanol–water partition coefficient (Wildman–Crippen LogP) is 0.693. The molecule has 0 spiro atoms. The molecule has 0 unspecified atom stereocenters. The molecule has 3 N–H and O–H groups in total. The van der Waals surface area contributed by atoms with Gasteiger partial charge in [0.1, 0.15) is 5.75 Å². The van der Waals surface area contributed by atoms with Crippen molar-refractivity contribution in [1.29, 1.82) is 0 Å². The van der Waals surface area contributed by atoms with Crippen molar-refractivity contribution in [3.63, 3.8) is 0 Å². The molecule has 2 amide bonds. The van der Waals surface area contributed by atoms with E-state index in [1.54, 1.807) is 22.9 Å². The van der Waals surface area contributed by atoms with Crippen LogP contribution in [0, 0.1) is 5.92 Å². The number of rotatable bonds is 3. The van der Waals surface area contributed by atoms with E-state index >= 15 is 0 Å². The fourth-order valence-corrected chi connectivity index (χ4v) is 3.32. The van der Waals surface area contributed by atoms with Crippen LogP contribution >= 0.6 is 0 Å². The fourth-order valence-electron chi connectivity index (χ4n) is 3.32. The van der Waals surface area contributed by atoms with E-state index in [1.165, 1.54) is 0 Å². The lowest BCUT2D eigenvalue weighted by atomic mass is 9.90. The van der Waals surface area contributed by atoms with Crippen LogP contribution in [0.25, 0.3) is 0 Å². The van der Waals surface area contributed by atoms with Crippen LogP contribution in [0.15, 0.2) is 30.6 Å². The van der Waals surface area contributed by atoms with Crippen LogP contribution in [-0.4, -0.2) is 41.3 Å². The molecule has 0 bridgehead atoms. The molecule has 25 heavy (non-hydrogen) atoms. The first-order chi connectivity index (χ1) is 12.1. The number of hydrogen-bond donors (Lipinski definition) is 3. The summed E-state index contributed by atoms with van der Waals surface area (Å²) in [5, 5.41) is 13.2. The number of ether oxygens (including phenoxy) is 1. The second-order valence-corrected chi connectivity index (χ2v) is 6.36. The number of fused-ring (bicyclic) bond motifs is 1. The van der Waals surface area contributed by atoms with Crippen molar-refractivity contribution >= 4 is 23.2 Å². The SMILES string of the molecule is Cn1cc([C@H]2CNC[C@@H]2C(=O)Nc2ccc3c(c2)OCC(=O)N3)cn1. The standard InChI is InChI=1S/C17H19N5O3/c1-22-8-10(5-19-22)12-6-18-7-13(12)17(24)20-11-2-3-14-15(4-11)25-9-16(23)21-14/h2-5,8,12-13,18H,6-7,9H2,1H3,(H,20,24)(H,21,23)/t12-,13+/m1/s1. The highest BCUT2D eigenvalue weighted by molar-refractivity contribution is 5.97. The number of anilines is 2. The molecule has 4 rings (SSSR count). The van der Waals surface area contributed by atoms with Gasteiger partial charge in [0.15, 0.2) is 6.61 Å². The van der Waals surface area contributed by atoms with Crippen molar-refractivity contribution in [3.8, 4) is 5.75 Å². The van der Waals surface area contributed by atoms with E-state index in [9.17, 15) is 9.59 Å². The van der Waals surface area contributed by atoms with Crippen LogP contribution in [0.3, 0.4) is 0 Å². The Bertz CT molecular complexity index is 831. The summed E-state index contributed by atoms with van der Waals surface area (Å²) in [4.78, 5) is 24.1. The van der Waals surface area contributed by atoms with E-state index in [4.69, 9.17) is 4.74 Å². The summed E-state index contributed by atoms with van der Waals surface area (Å²) in [6.07, 6.45) is 3.76. The predicted molar refractivity (Wildman–Crippen MR) is 91.5 cm³/mol. The number of aromatic nitrogens is 2. The lowest BCUT2D eigenvalue weighted by Crippen LogP contribution is -2.28. The Labute approximate surface area is 144 Å². The monoisotopic (exact) mass is 341 g/mol. The van der Waals surface area contributed by atoms with Gasteiger partial charge in [0.25, 0.3) is 5.91 Å². The van der Waals surface area contributed by atoms with E-state index in [0.29, 0.717) is 23.7 Å². The van der Waals surface area contributed by atoms with Crippen LogP contribution in [-0.2, 0) is 16.6 Å². The molecular weight excluding hydrogens is 322 g/mol. The Morgan fingerprint density at radius 3 is 3.08 bits per heavy atom. The molecule has 1 aromatic carbocycles. The van der Waals surface area contributed by atoms with Crippen molar-refractivity contribution in [2.24, 2.45) is 13.0 Å². The van der Waals surface area contributed by atoms with Gasteiger partial charge in [0.05, 0.1) is 17.8 Å². The van der Waals surface area contributed by atoms with Crippen LogP contribution < -0.4 is 20.7 Å². The Kier molecular flexibility index (Phi) is 3.89. The fraction of sp³-hybridized carbons (Fsp3) is 0.353. The second kappa shape index (κ2) is 6.21. The Hall–Kier alpha value is -2.87. The number of nitrogens with zero attached hydrogens (tertiary/aromatic N) is 2. The second-order valence-electron chi connectivity index (χ2n) is 6.36. The van der Waals surface area contributed by atoms with E-state index in [0.717, 1.165) is 12.1 Å². The minimum Gasteiger partial charge on any atom is -0.482 e. The zero-order valence-corrected chi connectivity index (χ0v) is 13.8. The van der Waals surface area contributed by atoms with Gasteiger partial charge in [-0.2, -0.15) is 5.10 Å². The third kappa shape index (κ3) is 3.08. The summed E-state index contributed by atoms with van der Waals surface area (Å²) in [6.45, 7) is 1.37. The number of benzene rings is 1. The highest BCUT2D eigenvalue weighted by Gasteiger charge is 2.34. The summed E-state index contributed by atoms with van der Waals surface area (Å²) in [5.74, 6) is 0.271. The third-order valence-electron chi connectivity index (χ3n) is 4.59. The Balaban J connectivity index is 1.49. The molecule has 130 valence electrons. The number of nitrogens with one attached hydrogen (secondary N) is 3. The van der Waals surface area contributed by atoms with Crippen LogP contribution in [0.1, 0.15) is 11.5 Å². The van der Waals surface area contributed by atoms with Gasteiger partial charge in [-0.25, -0.2) is 0 Å². The molecule has 2 aliphatic rings. The van der Waals surface area contributed by atoms with Gasteiger partial charge in [0, 0.05) is 44.0 Å². The molecule has 1 aromatic heterocycles. The van der Waals surface area contributed by atoms with E-state index < -0.39 is 0 Å². The van der Waals surface area contributed by atoms with Gasteiger partial charge in [-0.1, -0.05) is 0 Å².